The van der Waals surface area contributed by atoms with Crippen LogP contribution < -0.4 is 0 Å². The molecule has 0 aliphatic rings. The third-order valence-corrected chi connectivity index (χ3v) is 4.62. The Hall–Kier alpha value is -1.28. The Bertz CT molecular complexity index is 564. The number of benzene rings is 1. The van der Waals surface area contributed by atoms with Crippen molar-refractivity contribution >= 4 is 39.3 Å². The first-order valence-electron chi connectivity index (χ1n) is 5.17. The fourth-order valence-electron chi connectivity index (χ4n) is 1.41. The zero-order valence-corrected chi connectivity index (χ0v) is 11.0. The molecular formula is C11H8F3NO2S2. The summed E-state index contributed by atoms with van der Waals surface area (Å²) in [5.41, 5.74) is 0.617. The van der Waals surface area contributed by atoms with Crippen LogP contribution >= 0.6 is 23.1 Å². The minimum atomic E-state index is -4.57. The predicted molar refractivity (Wildman–Crippen MR) is 67.6 cm³/mol. The fourth-order valence-corrected chi connectivity index (χ4v) is 3.67. The zero-order valence-electron chi connectivity index (χ0n) is 9.35. The van der Waals surface area contributed by atoms with E-state index in [9.17, 15) is 18.0 Å². The normalized spacial score (nSPS) is 13.6. The van der Waals surface area contributed by atoms with Gasteiger partial charge in [-0.25, -0.2) is 4.98 Å². The molecule has 1 aromatic heterocycles. The molecule has 1 heterocycles. The van der Waals surface area contributed by atoms with Crippen LogP contribution in [0.1, 0.15) is 6.42 Å². The zero-order chi connectivity index (χ0) is 14.0. The Balaban J connectivity index is 2.23. The van der Waals surface area contributed by atoms with E-state index in [1.54, 1.807) is 24.3 Å². The molecule has 0 bridgehead atoms. The number of aromatic nitrogens is 1. The monoisotopic (exact) mass is 307 g/mol. The van der Waals surface area contributed by atoms with Crippen LogP contribution in [-0.4, -0.2) is 27.5 Å². The second-order valence-corrected chi connectivity index (χ2v) is 6.17. The third-order valence-electron chi connectivity index (χ3n) is 2.24. The number of halogens is 3. The van der Waals surface area contributed by atoms with Crippen LogP contribution in [0.25, 0.3) is 10.2 Å². The number of rotatable bonds is 4. The summed E-state index contributed by atoms with van der Waals surface area (Å²) in [4.78, 5) is 14.6. The maximum Gasteiger partial charge on any atom is 0.401 e. The minimum absolute atomic E-state index is 0.227. The lowest BCUT2D eigenvalue weighted by Crippen LogP contribution is -2.28. The topological polar surface area (TPSA) is 50.2 Å². The van der Waals surface area contributed by atoms with E-state index < -0.39 is 23.8 Å². The van der Waals surface area contributed by atoms with E-state index in [4.69, 9.17) is 5.11 Å². The number of thioether (sulfide) groups is 1. The largest absolute Gasteiger partial charge is 0.481 e. The Kier molecular flexibility index (Phi) is 4.00. The highest BCUT2D eigenvalue weighted by Gasteiger charge is 2.42. The highest BCUT2D eigenvalue weighted by Crippen LogP contribution is 2.40. The summed E-state index contributed by atoms with van der Waals surface area (Å²) >= 11 is 1.58. The van der Waals surface area contributed by atoms with Gasteiger partial charge in [0.05, 0.1) is 16.6 Å². The molecule has 2 aromatic rings. The molecule has 0 aliphatic carbocycles. The molecule has 2 rings (SSSR count). The second kappa shape index (κ2) is 5.38. The summed E-state index contributed by atoms with van der Waals surface area (Å²) in [6, 6.07) is 6.98. The van der Waals surface area contributed by atoms with Gasteiger partial charge < -0.3 is 5.11 Å². The lowest BCUT2D eigenvalue weighted by Gasteiger charge is -2.16. The van der Waals surface area contributed by atoms with Gasteiger partial charge in [0, 0.05) is 0 Å². The van der Waals surface area contributed by atoms with Gasteiger partial charge in [-0.3, -0.25) is 4.79 Å². The summed E-state index contributed by atoms with van der Waals surface area (Å²) in [5, 5.41) is 6.55. The van der Waals surface area contributed by atoms with Crippen LogP contribution in [-0.2, 0) is 4.79 Å². The highest BCUT2D eigenvalue weighted by molar-refractivity contribution is 8.01. The predicted octanol–water partition coefficient (Wildman–Crippen LogP) is 3.79. The van der Waals surface area contributed by atoms with E-state index in [0.29, 0.717) is 17.3 Å². The van der Waals surface area contributed by atoms with Crippen molar-refractivity contribution in [3.8, 4) is 0 Å². The lowest BCUT2D eigenvalue weighted by molar-refractivity contribution is -0.149. The van der Waals surface area contributed by atoms with Gasteiger partial charge in [0.15, 0.2) is 4.34 Å². The molecule has 3 nitrogen and oxygen atoms in total. The molecule has 0 aliphatic heterocycles. The Labute approximate surface area is 114 Å². The van der Waals surface area contributed by atoms with E-state index in [0.717, 1.165) is 16.0 Å². The molecule has 1 unspecified atom stereocenters. The molecule has 8 heteroatoms. The summed E-state index contributed by atoms with van der Waals surface area (Å²) in [6.45, 7) is 0. The van der Waals surface area contributed by atoms with Crippen LogP contribution in [0.15, 0.2) is 28.6 Å². The standard InChI is InChI=1S/C11H8F3NO2S2/c12-11(13,14)8(5-9(16)17)19-10-15-6-3-1-2-4-7(6)18-10/h1-4,8H,5H2,(H,16,17). The molecule has 0 saturated carbocycles. The Morgan fingerprint density at radius 2 is 2.11 bits per heavy atom. The van der Waals surface area contributed by atoms with Crippen molar-refractivity contribution in [2.75, 3.05) is 0 Å². The van der Waals surface area contributed by atoms with Crippen molar-refractivity contribution in [1.82, 2.24) is 4.98 Å². The van der Waals surface area contributed by atoms with Gasteiger partial charge in [0.1, 0.15) is 5.25 Å². The number of alkyl halides is 3. The van der Waals surface area contributed by atoms with E-state index in [-0.39, 0.29) is 4.34 Å². The first kappa shape index (κ1) is 14.1. The van der Waals surface area contributed by atoms with E-state index in [1.165, 1.54) is 0 Å². The smallest absolute Gasteiger partial charge is 0.401 e. The molecule has 1 aromatic carbocycles. The van der Waals surface area contributed by atoms with Crippen LogP contribution in [0.3, 0.4) is 0 Å². The number of nitrogens with zero attached hydrogens (tertiary/aromatic N) is 1. The van der Waals surface area contributed by atoms with Crippen molar-refractivity contribution in [1.29, 1.82) is 0 Å². The van der Waals surface area contributed by atoms with Crippen LogP contribution in [0.5, 0.6) is 0 Å². The van der Waals surface area contributed by atoms with Gasteiger partial charge in [-0.15, -0.1) is 11.3 Å². The van der Waals surface area contributed by atoms with Crippen molar-refractivity contribution < 1.29 is 23.1 Å². The van der Waals surface area contributed by atoms with Gasteiger partial charge >= 0.3 is 12.1 Å². The van der Waals surface area contributed by atoms with Gasteiger partial charge in [-0.1, -0.05) is 23.9 Å². The summed E-state index contributed by atoms with van der Waals surface area (Å²) in [5.74, 6) is -1.48. The number of carboxylic acid groups (broad SMARTS) is 1. The lowest BCUT2D eigenvalue weighted by atomic mass is 10.3. The van der Waals surface area contributed by atoms with E-state index in [2.05, 4.69) is 4.98 Å². The highest BCUT2D eigenvalue weighted by atomic mass is 32.2. The minimum Gasteiger partial charge on any atom is -0.481 e. The molecule has 0 radical (unpaired) electrons. The first-order valence-corrected chi connectivity index (χ1v) is 6.86. The number of carbonyl (C=O) groups is 1. The van der Waals surface area contributed by atoms with Crippen molar-refractivity contribution in [3.05, 3.63) is 24.3 Å². The van der Waals surface area contributed by atoms with Crippen molar-refractivity contribution in [2.45, 2.75) is 22.2 Å². The molecule has 0 amide bonds. The number of fused-ring (bicyclic) bond motifs is 1. The van der Waals surface area contributed by atoms with Crippen molar-refractivity contribution in [2.24, 2.45) is 0 Å². The van der Waals surface area contributed by atoms with E-state index in [1.807, 2.05) is 0 Å². The molecule has 19 heavy (non-hydrogen) atoms. The average molecular weight is 307 g/mol. The molecule has 0 fully saturated rings. The first-order chi connectivity index (χ1) is 8.86. The summed E-state index contributed by atoms with van der Waals surface area (Å²) in [6.07, 6.45) is -5.54. The number of hydrogen-bond donors (Lipinski definition) is 1. The maximum absolute atomic E-state index is 12.7. The number of para-hydroxylation sites is 1. The Morgan fingerprint density at radius 1 is 1.42 bits per heavy atom. The maximum atomic E-state index is 12.7. The Morgan fingerprint density at radius 3 is 2.68 bits per heavy atom. The van der Waals surface area contributed by atoms with Gasteiger partial charge in [-0.05, 0) is 12.1 Å². The molecular weight excluding hydrogens is 299 g/mol. The van der Waals surface area contributed by atoms with E-state index >= 15 is 0 Å². The third kappa shape index (κ3) is 3.60. The number of aliphatic carboxylic acids is 1. The fraction of sp³-hybridized carbons (Fsp3) is 0.273. The average Bonchev–Trinajstić information content (AvgIpc) is 2.68. The molecule has 0 spiro atoms. The number of hydrogen-bond acceptors (Lipinski definition) is 4. The molecule has 0 saturated heterocycles. The SMILES string of the molecule is O=C(O)CC(Sc1nc2ccccc2s1)C(F)(F)F. The van der Waals surface area contributed by atoms with Gasteiger partial charge in [0.25, 0.3) is 0 Å². The van der Waals surface area contributed by atoms with Crippen molar-refractivity contribution in [3.63, 3.8) is 0 Å². The van der Waals surface area contributed by atoms with Crippen LogP contribution in [0, 0.1) is 0 Å². The van der Waals surface area contributed by atoms with Gasteiger partial charge in [0.2, 0.25) is 0 Å². The number of carboxylic acids is 1. The second-order valence-electron chi connectivity index (χ2n) is 3.69. The summed E-state index contributed by atoms with van der Waals surface area (Å²) in [7, 11) is 0. The number of thiazole rings is 1. The van der Waals surface area contributed by atoms with Crippen LogP contribution in [0.4, 0.5) is 13.2 Å². The van der Waals surface area contributed by atoms with Gasteiger partial charge in [-0.2, -0.15) is 13.2 Å². The van der Waals surface area contributed by atoms with Crippen LogP contribution in [0.2, 0.25) is 0 Å². The molecule has 102 valence electrons. The summed E-state index contributed by atoms with van der Waals surface area (Å²) < 4.78 is 39.1. The molecule has 1 N–H and O–H groups in total. The molecule has 1 atom stereocenters. The quantitative estimate of drug-likeness (QED) is 0.873.